The number of aliphatic carboxylic acids is 2. The van der Waals surface area contributed by atoms with Crippen molar-refractivity contribution in [3.63, 3.8) is 0 Å². The number of unbranched alkanes of at least 4 members (excludes halogenated alkanes) is 1. The molecule has 0 spiro atoms. The van der Waals surface area contributed by atoms with Gasteiger partial charge in [-0.05, 0) is 45.2 Å². The monoisotopic (exact) mass is 348 g/mol. The molecule has 0 atom stereocenters. The number of carbonyl (C=O) groups is 2. The molecule has 25 heavy (non-hydrogen) atoms. The Bertz CT molecular complexity index is 697. The summed E-state index contributed by atoms with van der Waals surface area (Å²) in [5, 5.41) is 14.8. The second-order valence-electron chi connectivity index (χ2n) is 5.60. The van der Waals surface area contributed by atoms with E-state index in [1.807, 2.05) is 19.3 Å². The van der Waals surface area contributed by atoms with E-state index in [4.69, 9.17) is 24.5 Å². The Labute approximate surface area is 146 Å². The van der Waals surface area contributed by atoms with Crippen LogP contribution < -0.4 is 4.74 Å². The molecule has 136 valence electrons. The maximum absolute atomic E-state index is 9.10. The molecule has 0 aliphatic heterocycles. The first-order valence-corrected chi connectivity index (χ1v) is 7.95. The summed E-state index contributed by atoms with van der Waals surface area (Å²) in [7, 11) is 0. The summed E-state index contributed by atoms with van der Waals surface area (Å²) in [6.45, 7) is 8.02. The minimum Gasteiger partial charge on any atom is -0.493 e. The molecule has 0 aliphatic carbocycles. The quantitative estimate of drug-likeness (QED) is 0.615. The van der Waals surface area contributed by atoms with E-state index < -0.39 is 11.9 Å². The van der Waals surface area contributed by atoms with Gasteiger partial charge in [0.2, 0.25) is 0 Å². The van der Waals surface area contributed by atoms with Gasteiger partial charge in [0.05, 0.1) is 6.61 Å². The first-order valence-electron chi connectivity index (χ1n) is 7.95. The topological polar surface area (TPSA) is 102 Å². The third kappa shape index (κ3) is 7.52. The highest BCUT2D eigenvalue weighted by atomic mass is 16.5. The first-order chi connectivity index (χ1) is 11.8. The molecule has 1 aromatic carbocycles. The molecule has 7 heteroatoms. The van der Waals surface area contributed by atoms with Crippen molar-refractivity contribution in [3.05, 3.63) is 47.5 Å². The lowest BCUT2D eigenvalue weighted by Crippen LogP contribution is -2.09. The van der Waals surface area contributed by atoms with Crippen LogP contribution in [0.3, 0.4) is 0 Å². The van der Waals surface area contributed by atoms with Gasteiger partial charge in [0.25, 0.3) is 0 Å². The van der Waals surface area contributed by atoms with E-state index in [1.165, 1.54) is 11.1 Å². The first kappa shape index (κ1) is 20.2. The minimum absolute atomic E-state index is 0.775. The summed E-state index contributed by atoms with van der Waals surface area (Å²) in [6.07, 6.45) is 6.05. The molecule has 1 aromatic heterocycles. The minimum atomic E-state index is -1.82. The molecule has 0 aliphatic rings. The second kappa shape index (κ2) is 10.1. The fraction of sp³-hybridized carbons (Fsp3) is 0.389. The van der Waals surface area contributed by atoms with Crippen molar-refractivity contribution >= 4 is 11.9 Å². The summed E-state index contributed by atoms with van der Waals surface area (Å²) < 4.78 is 7.99. The molecule has 0 unspecified atom stereocenters. The van der Waals surface area contributed by atoms with Gasteiger partial charge < -0.3 is 19.5 Å². The summed E-state index contributed by atoms with van der Waals surface area (Å²) in [6, 6.07) is 6.31. The Hall–Kier alpha value is -2.83. The number of hydrogen-bond acceptors (Lipinski definition) is 4. The molecule has 2 rings (SSSR count). The number of aromatic nitrogens is 2. The normalized spacial score (nSPS) is 9.88. The smallest absolute Gasteiger partial charge is 0.414 e. The SMILES string of the molecule is Cc1ccc(OCCCCn2ccnc2C)c(C)c1.O=C(O)C(=O)O. The molecule has 0 fully saturated rings. The van der Waals surface area contributed by atoms with E-state index in [-0.39, 0.29) is 0 Å². The molecule has 0 saturated heterocycles. The largest absolute Gasteiger partial charge is 0.493 e. The van der Waals surface area contributed by atoms with Crippen molar-refractivity contribution < 1.29 is 24.5 Å². The maximum atomic E-state index is 9.10. The fourth-order valence-corrected chi connectivity index (χ4v) is 2.17. The van der Waals surface area contributed by atoms with Gasteiger partial charge >= 0.3 is 11.9 Å². The summed E-state index contributed by atoms with van der Waals surface area (Å²) in [4.78, 5) is 22.4. The standard InChI is InChI=1S/C16H22N2O.C2H2O4/c1-13-6-7-16(14(2)12-13)19-11-5-4-9-18-10-8-17-15(18)3;3-1(4)2(5)6/h6-8,10,12H,4-5,9,11H2,1-3H3;(H,3,4)(H,5,6). The Morgan fingerprint density at radius 1 is 1.12 bits per heavy atom. The van der Waals surface area contributed by atoms with Crippen LogP contribution in [0, 0.1) is 20.8 Å². The molecule has 2 N–H and O–H groups in total. The van der Waals surface area contributed by atoms with E-state index in [2.05, 4.69) is 41.6 Å². The third-order valence-electron chi connectivity index (χ3n) is 3.49. The number of benzene rings is 1. The molecular formula is C18H24N2O5. The van der Waals surface area contributed by atoms with Gasteiger partial charge in [0.1, 0.15) is 11.6 Å². The van der Waals surface area contributed by atoms with Crippen molar-refractivity contribution in [3.8, 4) is 5.75 Å². The van der Waals surface area contributed by atoms with Crippen molar-refractivity contribution in [1.29, 1.82) is 0 Å². The zero-order chi connectivity index (χ0) is 18.8. The van der Waals surface area contributed by atoms with Crippen molar-refractivity contribution in [1.82, 2.24) is 9.55 Å². The number of rotatable bonds is 6. The van der Waals surface area contributed by atoms with Gasteiger partial charge in [-0.2, -0.15) is 0 Å². The lowest BCUT2D eigenvalue weighted by Gasteiger charge is -2.10. The van der Waals surface area contributed by atoms with Crippen LogP contribution in [0.15, 0.2) is 30.6 Å². The van der Waals surface area contributed by atoms with Gasteiger partial charge in [-0.15, -0.1) is 0 Å². The van der Waals surface area contributed by atoms with Crippen LogP contribution in [0.25, 0.3) is 0 Å². The molecule has 0 bridgehead atoms. The van der Waals surface area contributed by atoms with Gasteiger partial charge in [0, 0.05) is 18.9 Å². The highest BCUT2D eigenvalue weighted by Gasteiger charge is 2.04. The number of imidazole rings is 1. The predicted molar refractivity (Wildman–Crippen MR) is 92.9 cm³/mol. The molecule has 0 amide bonds. The molecule has 0 saturated carbocycles. The number of hydrogen-bond donors (Lipinski definition) is 2. The van der Waals surface area contributed by atoms with E-state index >= 15 is 0 Å². The van der Waals surface area contributed by atoms with Crippen molar-refractivity contribution in [2.75, 3.05) is 6.61 Å². The van der Waals surface area contributed by atoms with Crippen LogP contribution in [0.4, 0.5) is 0 Å². The van der Waals surface area contributed by atoms with Gasteiger partial charge in [-0.1, -0.05) is 17.7 Å². The number of ether oxygens (including phenoxy) is 1. The van der Waals surface area contributed by atoms with Gasteiger partial charge in [-0.25, -0.2) is 14.6 Å². The molecular weight excluding hydrogens is 324 g/mol. The van der Waals surface area contributed by atoms with E-state index in [0.717, 1.165) is 37.6 Å². The molecule has 2 aromatic rings. The Morgan fingerprint density at radius 3 is 2.32 bits per heavy atom. The maximum Gasteiger partial charge on any atom is 0.414 e. The summed E-state index contributed by atoms with van der Waals surface area (Å²) in [5.41, 5.74) is 2.49. The molecule has 7 nitrogen and oxygen atoms in total. The van der Waals surface area contributed by atoms with Crippen LogP contribution in [-0.4, -0.2) is 38.3 Å². The lowest BCUT2D eigenvalue weighted by atomic mass is 10.1. The number of nitrogens with zero attached hydrogens (tertiary/aromatic N) is 2. The predicted octanol–water partition coefficient (Wildman–Crippen LogP) is 2.82. The van der Waals surface area contributed by atoms with Crippen LogP contribution in [-0.2, 0) is 16.1 Å². The van der Waals surface area contributed by atoms with Crippen LogP contribution in [0.2, 0.25) is 0 Å². The van der Waals surface area contributed by atoms with E-state index in [9.17, 15) is 0 Å². The number of carboxylic acids is 2. The second-order valence-corrected chi connectivity index (χ2v) is 5.60. The zero-order valence-electron chi connectivity index (χ0n) is 14.7. The highest BCUT2D eigenvalue weighted by Crippen LogP contribution is 2.18. The Kier molecular flexibility index (Phi) is 8.18. The number of aryl methyl sites for hydroxylation is 4. The van der Waals surface area contributed by atoms with E-state index in [1.54, 1.807) is 0 Å². The van der Waals surface area contributed by atoms with E-state index in [0.29, 0.717) is 0 Å². The third-order valence-corrected chi connectivity index (χ3v) is 3.49. The van der Waals surface area contributed by atoms with Crippen molar-refractivity contribution in [2.45, 2.75) is 40.2 Å². The molecule has 1 heterocycles. The van der Waals surface area contributed by atoms with Gasteiger partial charge in [-0.3, -0.25) is 0 Å². The van der Waals surface area contributed by atoms with Crippen LogP contribution >= 0.6 is 0 Å². The Morgan fingerprint density at radius 2 is 1.80 bits per heavy atom. The average Bonchev–Trinajstić information content (AvgIpc) is 2.94. The Balaban J connectivity index is 0.000000450. The average molecular weight is 348 g/mol. The van der Waals surface area contributed by atoms with Crippen LogP contribution in [0.1, 0.15) is 29.8 Å². The zero-order valence-corrected chi connectivity index (χ0v) is 14.7. The van der Waals surface area contributed by atoms with Crippen molar-refractivity contribution in [2.24, 2.45) is 0 Å². The highest BCUT2D eigenvalue weighted by molar-refractivity contribution is 6.27. The van der Waals surface area contributed by atoms with Crippen LogP contribution in [0.5, 0.6) is 5.75 Å². The molecule has 0 radical (unpaired) electrons. The lowest BCUT2D eigenvalue weighted by molar-refractivity contribution is -0.159. The summed E-state index contributed by atoms with van der Waals surface area (Å²) >= 11 is 0. The fourth-order valence-electron chi connectivity index (χ4n) is 2.17. The number of carboxylic acid groups (broad SMARTS) is 2. The van der Waals surface area contributed by atoms with Gasteiger partial charge in [0.15, 0.2) is 0 Å². The summed E-state index contributed by atoms with van der Waals surface area (Å²) in [5.74, 6) is -1.57.